The largest absolute Gasteiger partial charge is 0.310 e. The van der Waals surface area contributed by atoms with Crippen LogP contribution in [0.3, 0.4) is 0 Å². The SMILES string of the molecule is CC(C)(C)c1cc(-c2ccc(N(c3ccccc3)c3ccc4ccc5c(-n6c7ccc(C(C)(C)C)cc7c7cc(C(C)(C)C)ccc76)ccc6ccc3c4c65)cc2)cc(C(C)(C)C)c1. The van der Waals surface area contributed by atoms with Crippen LogP contribution >= 0.6 is 0 Å². The molecule has 0 aliphatic heterocycles. The highest BCUT2D eigenvalue weighted by atomic mass is 15.1. The zero-order chi connectivity index (χ0) is 45.1. The lowest BCUT2D eigenvalue weighted by Gasteiger charge is -2.28. The average Bonchev–Trinajstić information content (AvgIpc) is 3.58. The Labute approximate surface area is 380 Å². The second kappa shape index (κ2) is 14.6. The molecule has 0 aliphatic rings. The lowest BCUT2D eigenvalue weighted by Crippen LogP contribution is -2.16. The van der Waals surface area contributed by atoms with E-state index in [1.807, 2.05) is 0 Å². The number of hydrogen-bond acceptors (Lipinski definition) is 1. The number of benzene rings is 9. The van der Waals surface area contributed by atoms with Crippen LogP contribution in [0.5, 0.6) is 0 Å². The first-order valence-corrected chi connectivity index (χ1v) is 23.2. The summed E-state index contributed by atoms with van der Waals surface area (Å²) in [5.41, 5.74) is 15.2. The molecule has 0 unspecified atom stereocenters. The molecule has 2 nitrogen and oxygen atoms in total. The van der Waals surface area contributed by atoms with Gasteiger partial charge in [-0.3, -0.25) is 0 Å². The highest BCUT2D eigenvalue weighted by molar-refractivity contribution is 6.27. The summed E-state index contributed by atoms with van der Waals surface area (Å²) in [7, 11) is 0. The van der Waals surface area contributed by atoms with Gasteiger partial charge in [0.1, 0.15) is 0 Å². The van der Waals surface area contributed by atoms with E-state index in [9.17, 15) is 0 Å². The third-order valence-corrected chi connectivity index (χ3v) is 13.7. The minimum atomic E-state index is 0.0405. The Morgan fingerprint density at radius 1 is 0.344 bits per heavy atom. The second-order valence-electron chi connectivity index (χ2n) is 22.4. The van der Waals surface area contributed by atoms with Crippen molar-refractivity contribution in [3.05, 3.63) is 180 Å². The minimum absolute atomic E-state index is 0.0405. The highest BCUT2D eigenvalue weighted by Gasteiger charge is 2.25. The van der Waals surface area contributed by atoms with E-state index in [0.29, 0.717) is 0 Å². The minimum Gasteiger partial charge on any atom is -0.310 e. The average molecular weight is 835 g/mol. The molecule has 0 aliphatic carbocycles. The monoisotopic (exact) mass is 834 g/mol. The maximum absolute atomic E-state index is 2.52. The standard InChI is InChI=1S/C62H62N2/c1-59(2,3)43-24-32-55-51(37-43)52-38-44(60(4,5)6)25-33-56(52)64(55)54-31-23-41-20-28-49-53(30-22-40-21-29-50(54)58(41)57(40)49)63(47-16-14-13-15-17-47)48-26-18-39(19-27-48)42-34-45(61(7,8)9)36-46(35-42)62(10,11)12/h13-38H,1-12H3. The molecular weight excluding hydrogens is 773 g/mol. The Bertz CT molecular complexity index is 3290. The molecule has 0 amide bonds. The van der Waals surface area contributed by atoms with Gasteiger partial charge in [-0.05, 0) is 137 Å². The van der Waals surface area contributed by atoms with Gasteiger partial charge in [0.15, 0.2) is 0 Å². The molecule has 2 heteroatoms. The summed E-state index contributed by atoms with van der Waals surface area (Å²) >= 11 is 0. The molecule has 0 fully saturated rings. The second-order valence-corrected chi connectivity index (χ2v) is 22.4. The Morgan fingerprint density at radius 3 is 1.34 bits per heavy atom. The predicted molar refractivity (Wildman–Crippen MR) is 279 cm³/mol. The summed E-state index contributed by atoms with van der Waals surface area (Å²) in [5.74, 6) is 0. The number of para-hydroxylation sites is 1. The molecule has 64 heavy (non-hydrogen) atoms. The summed E-state index contributed by atoms with van der Waals surface area (Å²) in [4.78, 5) is 2.44. The van der Waals surface area contributed by atoms with Crippen LogP contribution in [0.1, 0.15) is 105 Å². The van der Waals surface area contributed by atoms with Crippen molar-refractivity contribution >= 4 is 71.2 Å². The fraction of sp³-hybridized carbons (Fsp3) is 0.258. The van der Waals surface area contributed by atoms with Crippen LogP contribution in [-0.2, 0) is 21.7 Å². The predicted octanol–water partition coefficient (Wildman–Crippen LogP) is 18.0. The highest BCUT2D eigenvalue weighted by Crippen LogP contribution is 2.47. The van der Waals surface area contributed by atoms with Crippen molar-refractivity contribution in [1.82, 2.24) is 4.57 Å². The first-order chi connectivity index (χ1) is 30.3. The third kappa shape index (κ3) is 7.03. The molecule has 9 aromatic carbocycles. The summed E-state index contributed by atoms with van der Waals surface area (Å²) in [5, 5.41) is 10.2. The molecule has 1 aromatic heterocycles. The maximum atomic E-state index is 2.52. The lowest BCUT2D eigenvalue weighted by atomic mass is 9.79. The van der Waals surface area contributed by atoms with E-state index < -0.39 is 0 Å². The Balaban J connectivity index is 1.17. The summed E-state index contributed by atoms with van der Waals surface area (Å²) in [6.07, 6.45) is 0. The van der Waals surface area contributed by atoms with E-state index in [2.05, 4.69) is 250 Å². The molecular formula is C62H62N2. The number of aromatic nitrogens is 1. The zero-order valence-corrected chi connectivity index (χ0v) is 39.9. The normalized spacial score (nSPS) is 13.0. The zero-order valence-electron chi connectivity index (χ0n) is 39.9. The Morgan fingerprint density at radius 2 is 0.812 bits per heavy atom. The fourth-order valence-electron chi connectivity index (χ4n) is 9.84. The van der Waals surface area contributed by atoms with E-state index in [4.69, 9.17) is 0 Å². The van der Waals surface area contributed by atoms with Gasteiger partial charge in [0.2, 0.25) is 0 Å². The molecule has 0 N–H and O–H groups in total. The summed E-state index contributed by atoms with van der Waals surface area (Å²) in [6, 6.07) is 60.2. The van der Waals surface area contributed by atoms with Gasteiger partial charge < -0.3 is 9.47 Å². The molecule has 0 bridgehead atoms. The summed E-state index contributed by atoms with van der Waals surface area (Å²) < 4.78 is 2.52. The van der Waals surface area contributed by atoms with Gasteiger partial charge in [0, 0.05) is 32.9 Å². The smallest absolute Gasteiger partial charge is 0.0541 e. The number of rotatable bonds is 5. The van der Waals surface area contributed by atoms with Crippen molar-refractivity contribution in [2.75, 3.05) is 4.90 Å². The number of nitrogens with zero attached hydrogens (tertiary/aromatic N) is 2. The van der Waals surface area contributed by atoms with Gasteiger partial charge in [0.25, 0.3) is 0 Å². The van der Waals surface area contributed by atoms with Gasteiger partial charge >= 0.3 is 0 Å². The fourth-order valence-corrected chi connectivity index (χ4v) is 9.84. The van der Waals surface area contributed by atoms with Crippen LogP contribution in [0, 0.1) is 0 Å². The van der Waals surface area contributed by atoms with E-state index >= 15 is 0 Å². The van der Waals surface area contributed by atoms with Crippen LogP contribution in [0.15, 0.2) is 158 Å². The van der Waals surface area contributed by atoms with Crippen molar-refractivity contribution < 1.29 is 0 Å². The van der Waals surface area contributed by atoms with Gasteiger partial charge in [-0.25, -0.2) is 0 Å². The number of fused-ring (bicyclic) bond motifs is 3. The molecule has 0 saturated carbocycles. The van der Waals surface area contributed by atoms with Crippen LogP contribution in [0.4, 0.5) is 17.1 Å². The van der Waals surface area contributed by atoms with Crippen LogP contribution in [-0.4, -0.2) is 4.57 Å². The van der Waals surface area contributed by atoms with Gasteiger partial charge in [-0.15, -0.1) is 0 Å². The number of anilines is 3. The van der Waals surface area contributed by atoms with Crippen LogP contribution < -0.4 is 4.90 Å². The van der Waals surface area contributed by atoms with Crippen molar-refractivity contribution in [1.29, 1.82) is 0 Å². The number of hydrogen-bond donors (Lipinski definition) is 0. The molecule has 1 heterocycles. The van der Waals surface area contributed by atoms with Crippen molar-refractivity contribution in [2.45, 2.75) is 105 Å². The molecule has 0 radical (unpaired) electrons. The van der Waals surface area contributed by atoms with E-state index in [1.165, 1.54) is 93.2 Å². The third-order valence-electron chi connectivity index (χ3n) is 13.7. The molecule has 10 rings (SSSR count). The maximum Gasteiger partial charge on any atom is 0.0541 e. The van der Waals surface area contributed by atoms with Gasteiger partial charge in [-0.1, -0.05) is 180 Å². The Kier molecular flexibility index (Phi) is 9.48. The van der Waals surface area contributed by atoms with Gasteiger partial charge in [0.05, 0.1) is 22.4 Å². The molecule has 10 aromatic rings. The Hall–Kier alpha value is -6.38. The molecule has 0 saturated heterocycles. The molecule has 0 spiro atoms. The first-order valence-electron chi connectivity index (χ1n) is 23.2. The van der Waals surface area contributed by atoms with Crippen LogP contribution in [0.2, 0.25) is 0 Å². The van der Waals surface area contributed by atoms with Crippen LogP contribution in [0.25, 0.3) is 70.9 Å². The first kappa shape index (κ1) is 41.6. The van der Waals surface area contributed by atoms with E-state index in [-0.39, 0.29) is 21.7 Å². The topological polar surface area (TPSA) is 8.17 Å². The molecule has 0 atom stereocenters. The summed E-state index contributed by atoms with van der Waals surface area (Å²) in [6.45, 7) is 27.7. The van der Waals surface area contributed by atoms with Crippen molar-refractivity contribution in [2.24, 2.45) is 0 Å². The van der Waals surface area contributed by atoms with Gasteiger partial charge in [-0.2, -0.15) is 0 Å². The molecule has 320 valence electrons. The van der Waals surface area contributed by atoms with E-state index in [1.54, 1.807) is 0 Å². The quantitative estimate of drug-likeness (QED) is 0.157. The van der Waals surface area contributed by atoms with Crippen molar-refractivity contribution in [3.63, 3.8) is 0 Å². The lowest BCUT2D eigenvalue weighted by molar-refractivity contribution is 0.569. The van der Waals surface area contributed by atoms with Crippen molar-refractivity contribution in [3.8, 4) is 16.8 Å². The van der Waals surface area contributed by atoms with E-state index in [0.717, 1.165) is 17.1 Å².